The topological polar surface area (TPSA) is 41.5 Å². The van der Waals surface area contributed by atoms with Crippen molar-refractivity contribution in [2.75, 3.05) is 12.9 Å². The Morgan fingerprint density at radius 2 is 2.26 bits per heavy atom. The number of aromatic hydroxyl groups is 1. The Kier molecular flexibility index (Phi) is 5.40. The Labute approximate surface area is 119 Å². The van der Waals surface area contributed by atoms with Crippen LogP contribution in [0.4, 0.5) is 0 Å². The Balaban J connectivity index is 1.86. The van der Waals surface area contributed by atoms with E-state index in [2.05, 4.69) is 24.0 Å². The third-order valence-corrected chi connectivity index (χ3v) is 4.90. The number of methoxy groups -OCH3 is 1. The summed E-state index contributed by atoms with van der Waals surface area (Å²) in [6.45, 7) is 2.93. The highest BCUT2D eigenvalue weighted by Crippen LogP contribution is 2.32. The van der Waals surface area contributed by atoms with Crippen molar-refractivity contribution >= 4 is 11.8 Å². The molecule has 4 heteroatoms. The molecule has 2 unspecified atom stereocenters. The van der Waals surface area contributed by atoms with E-state index in [4.69, 9.17) is 4.74 Å². The molecule has 3 nitrogen and oxygen atoms in total. The fourth-order valence-electron chi connectivity index (χ4n) is 2.64. The summed E-state index contributed by atoms with van der Waals surface area (Å²) in [6.07, 6.45) is 3.78. The van der Waals surface area contributed by atoms with Crippen LogP contribution in [0.3, 0.4) is 0 Å². The van der Waals surface area contributed by atoms with Crippen molar-refractivity contribution in [3.63, 3.8) is 0 Å². The highest BCUT2D eigenvalue weighted by molar-refractivity contribution is 7.99. The number of benzene rings is 1. The second-order valence-electron chi connectivity index (χ2n) is 4.94. The van der Waals surface area contributed by atoms with Gasteiger partial charge in [0.2, 0.25) is 0 Å². The zero-order chi connectivity index (χ0) is 13.7. The van der Waals surface area contributed by atoms with Gasteiger partial charge in [-0.05, 0) is 31.1 Å². The minimum atomic E-state index is 0.259. The van der Waals surface area contributed by atoms with Gasteiger partial charge in [0, 0.05) is 23.4 Å². The molecule has 1 fully saturated rings. The normalized spacial score (nSPS) is 22.6. The van der Waals surface area contributed by atoms with E-state index >= 15 is 0 Å². The first kappa shape index (κ1) is 14.5. The van der Waals surface area contributed by atoms with Crippen molar-refractivity contribution in [3.8, 4) is 11.5 Å². The summed E-state index contributed by atoms with van der Waals surface area (Å²) in [5.41, 5.74) is 0.908. The van der Waals surface area contributed by atoms with Crippen LogP contribution in [-0.2, 0) is 6.54 Å². The van der Waals surface area contributed by atoms with E-state index in [1.54, 1.807) is 13.2 Å². The third-order valence-electron chi connectivity index (χ3n) is 3.67. The average molecular weight is 281 g/mol. The number of hydrogen-bond donors (Lipinski definition) is 2. The Bertz CT molecular complexity index is 411. The summed E-state index contributed by atoms with van der Waals surface area (Å²) in [4.78, 5) is 0. The van der Waals surface area contributed by atoms with Crippen molar-refractivity contribution in [2.24, 2.45) is 0 Å². The molecule has 1 aliphatic rings. The number of para-hydroxylation sites is 1. The lowest BCUT2D eigenvalue weighted by atomic mass is 10.1. The van der Waals surface area contributed by atoms with E-state index in [0.29, 0.717) is 18.3 Å². The van der Waals surface area contributed by atoms with Crippen LogP contribution in [0.25, 0.3) is 0 Å². The van der Waals surface area contributed by atoms with Gasteiger partial charge in [0.25, 0.3) is 0 Å². The molecule has 0 heterocycles. The van der Waals surface area contributed by atoms with Crippen LogP contribution in [0.2, 0.25) is 0 Å². The average Bonchev–Trinajstić information content (AvgIpc) is 2.86. The van der Waals surface area contributed by atoms with Crippen molar-refractivity contribution in [1.82, 2.24) is 5.32 Å². The molecule has 1 saturated carbocycles. The molecule has 0 saturated heterocycles. The zero-order valence-corrected chi connectivity index (χ0v) is 12.5. The van der Waals surface area contributed by atoms with Crippen LogP contribution >= 0.6 is 11.8 Å². The number of hydrogen-bond acceptors (Lipinski definition) is 4. The van der Waals surface area contributed by atoms with Gasteiger partial charge in [-0.1, -0.05) is 19.1 Å². The molecular formula is C15H23NO2S. The third kappa shape index (κ3) is 3.80. The quantitative estimate of drug-likeness (QED) is 0.840. The van der Waals surface area contributed by atoms with Gasteiger partial charge in [0.1, 0.15) is 0 Å². The van der Waals surface area contributed by atoms with Crippen LogP contribution in [0, 0.1) is 0 Å². The van der Waals surface area contributed by atoms with Gasteiger partial charge in [-0.15, -0.1) is 0 Å². The first-order valence-corrected chi connectivity index (χ1v) is 7.99. The number of phenols is 1. The summed E-state index contributed by atoms with van der Waals surface area (Å²) in [6, 6.07) is 6.22. The van der Waals surface area contributed by atoms with Crippen molar-refractivity contribution in [1.29, 1.82) is 0 Å². The van der Waals surface area contributed by atoms with Crippen molar-refractivity contribution < 1.29 is 9.84 Å². The smallest absolute Gasteiger partial charge is 0.162 e. The number of nitrogens with one attached hydrogen (secondary N) is 1. The maximum atomic E-state index is 10.0. The van der Waals surface area contributed by atoms with Gasteiger partial charge in [0.15, 0.2) is 11.5 Å². The largest absolute Gasteiger partial charge is 0.504 e. The highest BCUT2D eigenvalue weighted by atomic mass is 32.2. The van der Waals surface area contributed by atoms with E-state index in [0.717, 1.165) is 10.8 Å². The van der Waals surface area contributed by atoms with Crippen LogP contribution < -0.4 is 10.1 Å². The molecule has 2 rings (SSSR count). The molecule has 1 aromatic rings. The Morgan fingerprint density at radius 1 is 1.42 bits per heavy atom. The molecule has 0 radical (unpaired) electrons. The van der Waals surface area contributed by atoms with Crippen molar-refractivity contribution in [2.45, 2.75) is 44.0 Å². The molecule has 0 amide bonds. The van der Waals surface area contributed by atoms with Gasteiger partial charge < -0.3 is 15.2 Å². The number of rotatable bonds is 6. The first-order valence-electron chi connectivity index (χ1n) is 6.94. The van der Waals surface area contributed by atoms with E-state index < -0.39 is 0 Å². The zero-order valence-electron chi connectivity index (χ0n) is 11.7. The SMILES string of the molecule is CCSC1CCC(NCc2cccc(OC)c2O)C1. The number of thioether (sulfide) groups is 1. The Hall–Kier alpha value is -0.870. The Morgan fingerprint density at radius 3 is 3.00 bits per heavy atom. The predicted molar refractivity (Wildman–Crippen MR) is 81.1 cm³/mol. The monoisotopic (exact) mass is 281 g/mol. The summed E-state index contributed by atoms with van der Waals surface area (Å²) >= 11 is 2.06. The number of phenolic OH excluding ortho intramolecular Hbond substituents is 1. The first-order chi connectivity index (χ1) is 9.24. The van der Waals surface area contributed by atoms with Crippen LogP contribution in [0.15, 0.2) is 18.2 Å². The van der Waals surface area contributed by atoms with Gasteiger partial charge in [-0.3, -0.25) is 0 Å². The lowest BCUT2D eigenvalue weighted by Gasteiger charge is -2.14. The maximum absolute atomic E-state index is 10.0. The molecule has 0 aliphatic heterocycles. The fraction of sp³-hybridized carbons (Fsp3) is 0.600. The van der Waals surface area contributed by atoms with Gasteiger partial charge >= 0.3 is 0 Å². The standard InChI is InChI=1S/C15H23NO2S/c1-3-19-13-8-7-12(9-13)16-10-11-5-4-6-14(18-2)15(11)17/h4-6,12-13,16-17H,3,7-10H2,1-2H3. The van der Waals surface area contributed by atoms with E-state index in [-0.39, 0.29) is 5.75 Å². The van der Waals surface area contributed by atoms with Crippen LogP contribution in [0.5, 0.6) is 11.5 Å². The van der Waals surface area contributed by atoms with Gasteiger partial charge in [0.05, 0.1) is 7.11 Å². The van der Waals surface area contributed by atoms with Crippen molar-refractivity contribution in [3.05, 3.63) is 23.8 Å². The predicted octanol–water partition coefficient (Wildman–Crippen LogP) is 3.16. The van der Waals surface area contributed by atoms with E-state index in [1.165, 1.54) is 25.0 Å². The lowest BCUT2D eigenvalue weighted by Crippen LogP contribution is -2.26. The van der Waals surface area contributed by atoms with E-state index in [1.807, 2.05) is 12.1 Å². The second-order valence-corrected chi connectivity index (χ2v) is 6.51. The lowest BCUT2D eigenvalue weighted by molar-refractivity contribution is 0.368. The summed E-state index contributed by atoms with van der Waals surface area (Å²) < 4.78 is 5.13. The summed E-state index contributed by atoms with van der Waals surface area (Å²) in [7, 11) is 1.58. The molecule has 1 aliphatic carbocycles. The molecule has 1 aromatic carbocycles. The second kappa shape index (κ2) is 7.06. The van der Waals surface area contributed by atoms with Crippen LogP contribution in [-0.4, -0.2) is 29.3 Å². The summed E-state index contributed by atoms with van der Waals surface area (Å²) in [5.74, 6) is 2.01. The summed E-state index contributed by atoms with van der Waals surface area (Å²) in [5, 5.41) is 14.4. The van der Waals surface area contributed by atoms with Gasteiger partial charge in [-0.2, -0.15) is 11.8 Å². The molecule has 0 aromatic heterocycles. The minimum Gasteiger partial charge on any atom is -0.504 e. The molecule has 19 heavy (non-hydrogen) atoms. The number of ether oxygens (including phenoxy) is 1. The molecular weight excluding hydrogens is 258 g/mol. The molecule has 2 atom stereocenters. The van der Waals surface area contributed by atoms with Crippen LogP contribution in [0.1, 0.15) is 31.7 Å². The molecule has 0 bridgehead atoms. The van der Waals surface area contributed by atoms with E-state index in [9.17, 15) is 5.11 Å². The maximum Gasteiger partial charge on any atom is 0.162 e. The molecule has 2 N–H and O–H groups in total. The minimum absolute atomic E-state index is 0.259. The highest BCUT2D eigenvalue weighted by Gasteiger charge is 2.24. The van der Waals surface area contributed by atoms with Gasteiger partial charge in [-0.25, -0.2) is 0 Å². The molecule has 0 spiro atoms. The fourth-order valence-corrected chi connectivity index (χ4v) is 3.78. The molecule has 106 valence electrons.